The van der Waals surface area contributed by atoms with Crippen molar-refractivity contribution in [3.05, 3.63) is 0 Å². The van der Waals surface area contributed by atoms with Crippen molar-refractivity contribution in [1.29, 1.82) is 5.26 Å². The summed E-state index contributed by atoms with van der Waals surface area (Å²) >= 11 is 1.33. The Morgan fingerprint density at radius 3 is 3.20 bits per heavy atom. The number of carbonyl (C=O) groups is 1. The normalized spacial score (nSPS) is 22.5. The lowest BCUT2D eigenvalue weighted by Gasteiger charge is -2.09. The van der Waals surface area contributed by atoms with Crippen LogP contribution in [0.3, 0.4) is 0 Å². The molecule has 82 valence electrons. The molecule has 1 atom stereocenters. The van der Waals surface area contributed by atoms with Crippen LogP contribution in [-0.4, -0.2) is 29.9 Å². The van der Waals surface area contributed by atoms with Gasteiger partial charge < -0.3 is 5.32 Å². The first-order valence-corrected chi connectivity index (χ1v) is 6.05. The predicted molar refractivity (Wildman–Crippen MR) is 60.3 cm³/mol. The Balaban J connectivity index is 2.67. The number of nitriles is 1. The van der Waals surface area contributed by atoms with Gasteiger partial charge in [0.15, 0.2) is 11.4 Å². The number of nitrogens with zero attached hydrogens (tertiary/aromatic N) is 2. The van der Waals surface area contributed by atoms with Crippen molar-refractivity contribution in [3.63, 3.8) is 0 Å². The minimum Gasteiger partial charge on any atom is -0.354 e. The van der Waals surface area contributed by atoms with Gasteiger partial charge in [0, 0.05) is 6.54 Å². The molecule has 1 rings (SSSR count). The van der Waals surface area contributed by atoms with Crippen molar-refractivity contribution >= 4 is 22.8 Å². The highest BCUT2D eigenvalue weighted by atomic mass is 32.2. The van der Waals surface area contributed by atoms with E-state index in [0.717, 1.165) is 25.8 Å². The monoisotopic (exact) mass is 226 g/mol. The highest BCUT2D eigenvalue weighted by Gasteiger charge is 2.20. The van der Waals surface area contributed by atoms with E-state index in [1.54, 1.807) is 6.19 Å². The lowest BCUT2D eigenvalue weighted by molar-refractivity contribution is -0.121. The number of hydrogen-bond donors (Lipinski definition) is 2. The van der Waals surface area contributed by atoms with Gasteiger partial charge >= 0.3 is 0 Å². The van der Waals surface area contributed by atoms with E-state index in [9.17, 15) is 4.79 Å². The van der Waals surface area contributed by atoms with Gasteiger partial charge in [-0.25, -0.2) is 4.99 Å². The van der Waals surface area contributed by atoms with Crippen molar-refractivity contribution in [2.75, 3.05) is 12.8 Å². The molecule has 0 aromatic rings. The summed E-state index contributed by atoms with van der Waals surface area (Å²) in [6, 6.07) is -0.351. The Kier molecular flexibility index (Phi) is 4.98. The quantitative estimate of drug-likeness (QED) is 0.294. The van der Waals surface area contributed by atoms with Crippen LogP contribution in [0.15, 0.2) is 4.99 Å². The van der Waals surface area contributed by atoms with Crippen LogP contribution in [0.2, 0.25) is 0 Å². The van der Waals surface area contributed by atoms with Gasteiger partial charge in [0.05, 0.1) is 0 Å². The van der Waals surface area contributed by atoms with Crippen LogP contribution >= 0.6 is 11.8 Å². The minimum absolute atomic E-state index is 0.0428. The maximum absolute atomic E-state index is 11.5. The molecular formula is C9H14N4OS. The van der Waals surface area contributed by atoms with Crippen LogP contribution in [0.5, 0.6) is 0 Å². The van der Waals surface area contributed by atoms with Crippen LogP contribution in [0.1, 0.15) is 19.3 Å². The number of rotatable bonds is 1. The van der Waals surface area contributed by atoms with Crippen LogP contribution in [-0.2, 0) is 4.79 Å². The molecule has 0 spiro atoms. The van der Waals surface area contributed by atoms with Crippen molar-refractivity contribution in [1.82, 2.24) is 10.6 Å². The Labute approximate surface area is 93.3 Å². The number of carbonyl (C=O) groups excluding carboxylic acids is 1. The largest absolute Gasteiger partial charge is 0.354 e. The van der Waals surface area contributed by atoms with E-state index < -0.39 is 0 Å². The molecule has 1 aliphatic rings. The topological polar surface area (TPSA) is 77.3 Å². The van der Waals surface area contributed by atoms with E-state index in [1.165, 1.54) is 11.8 Å². The molecule has 0 bridgehead atoms. The Morgan fingerprint density at radius 1 is 1.73 bits per heavy atom. The van der Waals surface area contributed by atoms with Crippen molar-refractivity contribution in [2.24, 2.45) is 4.99 Å². The van der Waals surface area contributed by atoms with Crippen LogP contribution in [0, 0.1) is 11.5 Å². The molecule has 1 saturated heterocycles. The van der Waals surface area contributed by atoms with E-state index in [4.69, 9.17) is 5.26 Å². The first kappa shape index (κ1) is 11.9. The van der Waals surface area contributed by atoms with E-state index in [-0.39, 0.29) is 11.9 Å². The third-order valence-electron chi connectivity index (χ3n) is 2.14. The molecule has 1 aliphatic heterocycles. The maximum atomic E-state index is 11.5. The molecule has 15 heavy (non-hydrogen) atoms. The summed E-state index contributed by atoms with van der Waals surface area (Å²) in [6.45, 7) is 0.727. The van der Waals surface area contributed by atoms with Gasteiger partial charge in [0.25, 0.3) is 0 Å². The predicted octanol–water partition coefficient (Wildman–Crippen LogP) is 0.445. The molecule has 0 radical (unpaired) electrons. The van der Waals surface area contributed by atoms with Gasteiger partial charge in [-0.2, -0.15) is 5.26 Å². The van der Waals surface area contributed by atoms with Crippen LogP contribution in [0.4, 0.5) is 0 Å². The number of aliphatic imine (C=N–C) groups is 1. The molecule has 1 unspecified atom stereocenters. The van der Waals surface area contributed by atoms with Crippen molar-refractivity contribution < 1.29 is 4.79 Å². The molecule has 2 N–H and O–H groups in total. The Bertz CT molecular complexity index is 297. The summed E-state index contributed by atoms with van der Waals surface area (Å²) in [7, 11) is 0. The smallest absolute Gasteiger partial charge is 0.244 e. The second-order valence-electron chi connectivity index (χ2n) is 3.18. The lowest BCUT2D eigenvalue weighted by Crippen LogP contribution is -2.33. The fourth-order valence-corrected chi connectivity index (χ4v) is 1.75. The van der Waals surface area contributed by atoms with E-state index >= 15 is 0 Å². The average molecular weight is 226 g/mol. The zero-order chi connectivity index (χ0) is 11.1. The van der Waals surface area contributed by atoms with Gasteiger partial charge in [-0.3, -0.25) is 10.1 Å². The molecule has 1 heterocycles. The Hall–Kier alpha value is -1.22. The molecule has 1 fully saturated rings. The summed E-state index contributed by atoms with van der Waals surface area (Å²) in [5, 5.41) is 14.2. The molecule has 0 aliphatic carbocycles. The zero-order valence-corrected chi connectivity index (χ0v) is 9.43. The molecule has 0 aromatic heterocycles. The SMILES string of the molecule is CSC(=NC1CCCCNC1=O)NC#N. The number of thioether (sulfide) groups is 1. The van der Waals surface area contributed by atoms with E-state index in [0.29, 0.717) is 5.17 Å². The van der Waals surface area contributed by atoms with Gasteiger partial charge in [0.2, 0.25) is 5.91 Å². The molecular weight excluding hydrogens is 212 g/mol. The summed E-state index contributed by atoms with van der Waals surface area (Å²) in [6.07, 6.45) is 6.36. The van der Waals surface area contributed by atoms with Crippen LogP contribution < -0.4 is 10.6 Å². The molecule has 5 nitrogen and oxygen atoms in total. The van der Waals surface area contributed by atoms with Crippen molar-refractivity contribution in [2.45, 2.75) is 25.3 Å². The van der Waals surface area contributed by atoms with Gasteiger partial charge in [-0.05, 0) is 25.5 Å². The fraction of sp³-hybridized carbons (Fsp3) is 0.667. The maximum Gasteiger partial charge on any atom is 0.244 e. The minimum atomic E-state index is -0.351. The molecule has 0 aromatic carbocycles. The van der Waals surface area contributed by atoms with E-state index in [1.807, 2.05) is 6.26 Å². The number of amides is 1. The van der Waals surface area contributed by atoms with E-state index in [2.05, 4.69) is 15.6 Å². The molecule has 6 heteroatoms. The second kappa shape index (κ2) is 6.30. The first-order valence-electron chi connectivity index (χ1n) is 4.82. The van der Waals surface area contributed by atoms with Gasteiger partial charge in [-0.1, -0.05) is 11.8 Å². The number of hydrogen-bond acceptors (Lipinski definition) is 4. The van der Waals surface area contributed by atoms with Crippen molar-refractivity contribution in [3.8, 4) is 6.19 Å². The standard InChI is InChI=1S/C9H14N4OS/c1-15-9(12-6-10)13-7-4-2-3-5-11-8(7)14/h7H,2-5H2,1H3,(H,11,14)(H,12,13). The third-order valence-corrected chi connectivity index (χ3v) is 2.73. The zero-order valence-electron chi connectivity index (χ0n) is 8.62. The Morgan fingerprint density at radius 2 is 2.53 bits per heavy atom. The molecule has 1 amide bonds. The highest BCUT2D eigenvalue weighted by molar-refractivity contribution is 8.13. The van der Waals surface area contributed by atoms with Crippen LogP contribution in [0.25, 0.3) is 0 Å². The van der Waals surface area contributed by atoms with Gasteiger partial charge in [-0.15, -0.1) is 0 Å². The average Bonchev–Trinajstić information content (AvgIpc) is 2.43. The highest BCUT2D eigenvalue weighted by Crippen LogP contribution is 2.10. The third kappa shape index (κ3) is 3.80. The molecule has 0 saturated carbocycles. The lowest BCUT2D eigenvalue weighted by atomic mass is 10.1. The fourth-order valence-electron chi connectivity index (χ4n) is 1.37. The summed E-state index contributed by atoms with van der Waals surface area (Å²) < 4.78 is 0. The number of amidine groups is 1. The summed E-state index contributed by atoms with van der Waals surface area (Å²) in [4.78, 5) is 15.8. The summed E-state index contributed by atoms with van der Waals surface area (Å²) in [5.41, 5.74) is 0. The first-order chi connectivity index (χ1) is 7.27. The van der Waals surface area contributed by atoms with Gasteiger partial charge in [0.1, 0.15) is 6.04 Å². The number of nitrogens with one attached hydrogen (secondary N) is 2. The summed E-state index contributed by atoms with van der Waals surface area (Å²) in [5.74, 6) is -0.0428. The second-order valence-corrected chi connectivity index (χ2v) is 3.97.